The van der Waals surface area contributed by atoms with Crippen LogP contribution in [0.1, 0.15) is 5.56 Å². The molecule has 2 aliphatic rings. The highest BCUT2D eigenvalue weighted by Gasteiger charge is 2.19. The summed E-state index contributed by atoms with van der Waals surface area (Å²) in [7, 11) is 0. The lowest BCUT2D eigenvalue weighted by molar-refractivity contribution is 0.543. The van der Waals surface area contributed by atoms with Gasteiger partial charge in [-0.05, 0) is 24.3 Å². The molecule has 2 heterocycles. The molecule has 2 aliphatic heterocycles. The van der Waals surface area contributed by atoms with E-state index in [0.29, 0.717) is 0 Å². The Hall–Kier alpha value is -0.870. The third-order valence-corrected chi connectivity index (χ3v) is 3.78. The number of amidine groups is 1. The molecule has 0 aliphatic carbocycles. The zero-order chi connectivity index (χ0) is 11.1. The second-order valence-electron chi connectivity index (χ2n) is 3.68. The summed E-state index contributed by atoms with van der Waals surface area (Å²) in [5.41, 5.74) is 2.26. The molecule has 80 valence electrons. The molecular weight excluding hydrogens is 332 g/mol. The molecule has 0 aromatic heterocycles. The number of halogens is 2. The molecule has 0 atom stereocenters. The Morgan fingerprint density at radius 1 is 1.19 bits per heavy atom. The zero-order valence-corrected chi connectivity index (χ0v) is 11.5. The molecule has 0 N–H and O–H groups in total. The fraction of sp³-hybridized carbons (Fsp3) is 0.0833. The maximum absolute atomic E-state index is 4.63. The van der Waals surface area contributed by atoms with Crippen LogP contribution in [0.4, 0.5) is 5.69 Å². The third-order valence-electron chi connectivity index (χ3n) is 2.62. The van der Waals surface area contributed by atoms with Gasteiger partial charge >= 0.3 is 0 Å². The summed E-state index contributed by atoms with van der Waals surface area (Å²) in [5, 5.41) is 0. The summed E-state index contributed by atoms with van der Waals surface area (Å²) < 4.78 is 2.15. The number of aliphatic imine (C=N–C) groups is 1. The Kier molecular flexibility index (Phi) is 2.48. The van der Waals surface area contributed by atoms with Crippen molar-refractivity contribution in [1.82, 2.24) is 4.90 Å². The molecule has 0 unspecified atom stereocenters. The summed E-state index contributed by atoms with van der Waals surface area (Å²) in [6.07, 6.45) is 8.11. The van der Waals surface area contributed by atoms with Crippen LogP contribution in [-0.4, -0.2) is 10.7 Å². The van der Waals surface area contributed by atoms with Crippen molar-refractivity contribution in [3.8, 4) is 0 Å². The molecule has 16 heavy (non-hydrogen) atoms. The van der Waals surface area contributed by atoms with E-state index in [4.69, 9.17) is 0 Å². The number of benzene rings is 1. The van der Waals surface area contributed by atoms with E-state index < -0.39 is 0 Å². The standard InChI is InChI=1S/C12H8Br2N2/c13-8-5-10(14)9-7-16-4-2-1-3-12(16)15-11(9)6-8/h1-6H,7H2. The summed E-state index contributed by atoms with van der Waals surface area (Å²) in [4.78, 5) is 6.77. The summed E-state index contributed by atoms with van der Waals surface area (Å²) in [6.45, 7) is 0.864. The van der Waals surface area contributed by atoms with Gasteiger partial charge in [0.25, 0.3) is 0 Å². The Morgan fingerprint density at radius 3 is 2.94 bits per heavy atom. The number of fused-ring (bicyclic) bond motifs is 2. The Labute approximate surface area is 111 Å². The van der Waals surface area contributed by atoms with Crippen LogP contribution in [-0.2, 0) is 6.54 Å². The highest BCUT2D eigenvalue weighted by Crippen LogP contribution is 2.36. The highest BCUT2D eigenvalue weighted by molar-refractivity contribution is 9.11. The van der Waals surface area contributed by atoms with E-state index in [1.807, 2.05) is 18.2 Å². The van der Waals surface area contributed by atoms with Gasteiger partial charge in [-0.15, -0.1) is 0 Å². The lowest BCUT2D eigenvalue weighted by atomic mass is 10.1. The first-order chi connectivity index (χ1) is 7.74. The van der Waals surface area contributed by atoms with Gasteiger partial charge in [0.15, 0.2) is 0 Å². The summed E-state index contributed by atoms with van der Waals surface area (Å²) in [5.74, 6) is 1.00. The van der Waals surface area contributed by atoms with Crippen molar-refractivity contribution in [3.63, 3.8) is 0 Å². The number of nitrogens with zero attached hydrogens (tertiary/aromatic N) is 2. The predicted molar refractivity (Wildman–Crippen MR) is 72.8 cm³/mol. The van der Waals surface area contributed by atoms with E-state index in [2.05, 4.69) is 60.1 Å². The van der Waals surface area contributed by atoms with Crippen LogP contribution in [0.2, 0.25) is 0 Å². The molecule has 0 radical (unpaired) electrons. The van der Waals surface area contributed by atoms with Gasteiger partial charge in [-0.2, -0.15) is 0 Å². The van der Waals surface area contributed by atoms with Gasteiger partial charge in [-0.3, -0.25) is 0 Å². The minimum absolute atomic E-state index is 0.864. The van der Waals surface area contributed by atoms with E-state index in [1.165, 1.54) is 5.56 Å². The van der Waals surface area contributed by atoms with Gasteiger partial charge in [0, 0.05) is 20.7 Å². The monoisotopic (exact) mass is 338 g/mol. The van der Waals surface area contributed by atoms with Crippen LogP contribution in [0.3, 0.4) is 0 Å². The van der Waals surface area contributed by atoms with E-state index in [1.54, 1.807) is 0 Å². The number of rotatable bonds is 0. The molecule has 0 fully saturated rings. The fourth-order valence-electron chi connectivity index (χ4n) is 1.84. The van der Waals surface area contributed by atoms with E-state index in [9.17, 15) is 0 Å². The first kappa shape index (κ1) is 10.3. The maximum Gasteiger partial charge on any atom is 0.133 e. The van der Waals surface area contributed by atoms with Gasteiger partial charge in [0.05, 0.1) is 12.2 Å². The second kappa shape index (κ2) is 3.86. The van der Waals surface area contributed by atoms with Crippen molar-refractivity contribution in [2.45, 2.75) is 6.54 Å². The van der Waals surface area contributed by atoms with Crippen molar-refractivity contribution < 1.29 is 0 Å². The minimum Gasteiger partial charge on any atom is -0.328 e. The Morgan fingerprint density at radius 2 is 2.06 bits per heavy atom. The summed E-state index contributed by atoms with van der Waals surface area (Å²) >= 11 is 7.07. The van der Waals surface area contributed by atoms with Crippen LogP contribution in [0.25, 0.3) is 0 Å². The fourth-order valence-corrected chi connectivity index (χ4v) is 3.17. The van der Waals surface area contributed by atoms with Crippen LogP contribution in [0, 0.1) is 0 Å². The van der Waals surface area contributed by atoms with Gasteiger partial charge in [-0.25, -0.2) is 4.99 Å². The van der Waals surface area contributed by atoms with Crippen molar-refractivity contribution >= 4 is 43.4 Å². The zero-order valence-electron chi connectivity index (χ0n) is 8.32. The molecule has 0 bridgehead atoms. The van der Waals surface area contributed by atoms with Gasteiger partial charge in [0.1, 0.15) is 5.84 Å². The molecule has 0 saturated carbocycles. The van der Waals surface area contributed by atoms with E-state index in [-0.39, 0.29) is 0 Å². The van der Waals surface area contributed by atoms with Crippen LogP contribution in [0.15, 0.2) is 50.5 Å². The molecule has 0 spiro atoms. The largest absolute Gasteiger partial charge is 0.328 e. The van der Waals surface area contributed by atoms with Gasteiger partial charge in [0.2, 0.25) is 0 Å². The molecule has 4 heteroatoms. The average molecular weight is 340 g/mol. The van der Waals surface area contributed by atoms with Crippen molar-refractivity contribution in [3.05, 3.63) is 51.1 Å². The van der Waals surface area contributed by atoms with E-state index in [0.717, 1.165) is 27.0 Å². The average Bonchev–Trinajstić information content (AvgIpc) is 2.27. The van der Waals surface area contributed by atoms with Crippen LogP contribution >= 0.6 is 31.9 Å². The van der Waals surface area contributed by atoms with Crippen molar-refractivity contribution in [2.24, 2.45) is 4.99 Å². The van der Waals surface area contributed by atoms with Crippen LogP contribution in [0.5, 0.6) is 0 Å². The Bertz CT molecular complexity index is 544. The summed E-state index contributed by atoms with van der Waals surface area (Å²) in [6, 6.07) is 4.11. The lowest BCUT2D eigenvalue weighted by Gasteiger charge is -2.28. The third kappa shape index (κ3) is 1.66. The van der Waals surface area contributed by atoms with E-state index >= 15 is 0 Å². The SMILES string of the molecule is Brc1cc(Br)c2c(c1)N=C1C=CC=CN1C2. The maximum atomic E-state index is 4.63. The molecule has 2 nitrogen and oxygen atoms in total. The molecule has 3 rings (SSSR count). The quantitative estimate of drug-likeness (QED) is 0.693. The number of hydrogen-bond donors (Lipinski definition) is 0. The topological polar surface area (TPSA) is 15.6 Å². The predicted octanol–water partition coefficient (Wildman–Crippen LogP) is 4.14. The number of hydrogen-bond acceptors (Lipinski definition) is 2. The minimum atomic E-state index is 0.864. The van der Waals surface area contributed by atoms with Gasteiger partial charge < -0.3 is 4.90 Å². The smallest absolute Gasteiger partial charge is 0.133 e. The highest BCUT2D eigenvalue weighted by atomic mass is 79.9. The number of allylic oxidation sites excluding steroid dienone is 2. The first-order valence-corrected chi connectivity index (χ1v) is 6.51. The van der Waals surface area contributed by atoms with Crippen molar-refractivity contribution in [1.29, 1.82) is 0 Å². The normalized spacial score (nSPS) is 16.9. The Balaban J connectivity index is 2.17. The second-order valence-corrected chi connectivity index (χ2v) is 5.45. The van der Waals surface area contributed by atoms with Crippen LogP contribution < -0.4 is 0 Å². The molecule has 0 amide bonds. The molecule has 1 aromatic carbocycles. The molecular formula is C12H8Br2N2. The lowest BCUT2D eigenvalue weighted by Crippen LogP contribution is -2.27. The van der Waals surface area contributed by atoms with Crippen molar-refractivity contribution in [2.75, 3.05) is 0 Å². The first-order valence-electron chi connectivity index (χ1n) is 4.92. The molecule has 1 aromatic rings. The van der Waals surface area contributed by atoms with Gasteiger partial charge in [-0.1, -0.05) is 37.9 Å². The molecule has 0 saturated heterocycles.